The van der Waals surface area contributed by atoms with Crippen molar-refractivity contribution in [3.8, 4) is 11.3 Å². The molecule has 0 bridgehead atoms. The van der Waals surface area contributed by atoms with Gasteiger partial charge in [-0.25, -0.2) is 5.43 Å². The zero-order valence-corrected chi connectivity index (χ0v) is 19.6. The van der Waals surface area contributed by atoms with E-state index in [0.717, 1.165) is 31.6 Å². The molecule has 3 heterocycles. The molecule has 1 aliphatic heterocycles. The van der Waals surface area contributed by atoms with Gasteiger partial charge in [0.15, 0.2) is 0 Å². The van der Waals surface area contributed by atoms with E-state index in [1.54, 1.807) is 30.5 Å². The maximum Gasteiger partial charge on any atom is 0.250 e. The van der Waals surface area contributed by atoms with E-state index in [0.29, 0.717) is 45.0 Å². The number of nitrogens with zero attached hydrogens (tertiary/aromatic N) is 5. The fourth-order valence-corrected chi connectivity index (χ4v) is 3.97. The molecule has 1 saturated heterocycles. The summed E-state index contributed by atoms with van der Waals surface area (Å²) < 4.78 is 5.85. The first-order chi connectivity index (χ1) is 16.6. The van der Waals surface area contributed by atoms with Crippen LogP contribution in [0.3, 0.4) is 0 Å². The van der Waals surface area contributed by atoms with Gasteiger partial charge in [-0.3, -0.25) is 0 Å². The highest BCUT2D eigenvalue weighted by atomic mass is 35.5. The number of rotatable bonds is 7. The van der Waals surface area contributed by atoms with Crippen LogP contribution >= 0.6 is 23.2 Å². The van der Waals surface area contributed by atoms with Gasteiger partial charge in [-0.2, -0.15) is 20.1 Å². The summed E-state index contributed by atoms with van der Waals surface area (Å²) in [5.74, 6) is 2.52. The predicted octanol–water partition coefficient (Wildman–Crippen LogP) is 6.23. The Morgan fingerprint density at radius 1 is 0.912 bits per heavy atom. The van der Waals surface area contributed by atoms with Gasteiger partial charge in [-0.15, -0.1) is 0 Å². The SMILES string of the molecule is Clc1ccc(Cl)c(-c2ccc(C=NNc3nc(Nc4ccccc4)nc(N4CCCC4)n3)o2)c1. The van der Waals surface area contributed by atoms with Gasteiger partial charge in [0, 0.05) is 29.4 Å². The summed E-state index contributed by atoms with van der Waals surface area (Å²) in [5, 5.41) is 8.61. The maximum atomic E-state index is 6.27. The molecule has 2 aromatic carbocycles. The Hall–Kier alpha value is -3.62. The summed E-state index contributed by atoms with van der Waals surface area (Å²) in [7, 11) is 0. The van der Waals surface area contributed by atoms with Gasteiger partial charge in [-0.05, 0) is 55.3 Å². The first-order valence-corrected chi connectivity index (χ1v) is 11.6. The summed E-state index contributed by atoms with van der Waals surface area (Å²) in [4.78, 5) is 15.7. The van der Waals surface area contributed by atoms with E-state index in [1.807, 2.05) is 36.4 Å². The molecule has 2 N–H and O–H groups in total. The number of hydrogen-bond donors (Lipinski definition) is 2. The number of halogens is 2. The van der Waals surface area contributed by atoms with Crippen LogP contribution in [0.2, 0.25) is 10.0 Å². The quantitative estimate of drug-likeness (QED) is 0.233. The molecule has 0 spiro atoms. The number of furan rings is 1. The van der Waals surface area contributed by atoms with Crippen LogP contribution in [0.25, 0.3) is 11.3 Å². The Bertz CT molecular complexity index is 1300. The molecule has 0 unspecified atom stereocenters. The van der Waals surface area contributed by atoms with Gasteiger partial charge in [-0.1, -0.05) is 41.4 Å². The van der Waals surface area contributed by atoms with Crippen molar-refractivity contribution < 1.29 is 4.42 Å². The summed E-state index contributed by atoms with van der Waals surface area (Å²) >= 11 is 12.4. The molecule has 172 valence electrons. The fraction of sp³-hybridized carbons (Fsp3) is 0.167. The van der Waals surface area contributed by atoms with Crippen molar-refractivity contribution in [3.05, 3.63) is 76.5 Å². The monoisotopic (exact) mass is 493 g/mol. The van der Waals surface area contributed by atoms with E-state index in [-0.39, 0.29) is 0 Å². The Balaban J connectivity index is 1.34. The van der Waals surface area contributed by atoms with Crippen LogP contribution in [-0.2, 0) is 0 Å². The molecule has 4 aromatic rings. The fourth-order valence-electron chi connectivity index (χ4n) is 3.59. The van der Waals surface area contributed by atoms with Crippen LogP contribution in [0.4, 0.5) is 23.5 Å². The highest BCUT2D eigenvalue weighted by Crippen LogP contribution is 2.31. The zero-order valence-electron chi connectivity index (χ0n) is 18.1. The lowest BCUT2D eigenvalue weighted by molar-refractivity contribution is 0.575. The first kappa shape index (κ1) is 22.2. The maximum absolute atomic E-state index is 6.27. The third kappa shape index (κ3) is 5.30. The average Bonchev–Trinajstić information content (AvgIpc) is 3.54. The molecule has 8 nitrogen and oxygen atoms in total. The standard InChI is InChI=1S/C24H21Cl2N7O/c25-16-8-10-20(26)19(14-16)21-11-9-18(34-21)15-27-32-23-29-22(28-17-6-2-1-3-7-17)30-24(31-23)33-12-4-5-13-33/h1-3,6-11,14-15H,4-5,12-13H2,(H2,28,29,30,31,32). The molecular formula is C24H21Cl2N7O. The minimum absolute atomic E-state index is 0.330. The van der Waals surface area contributed by atoms with E-state index in [4.69, 9.17) is 27.6 Å². The van der Waals surface area contributed by atoms with Crippen LogP contribution in [0.5, 0.6) is 0 Å². The third-order valence-corrected chi connectivity index (χ3v) is 5.78. The second kappa shape index (κ2) is 10.1. The molecule has 10 heteroatoms. The Morgan fingerprint density at radius 2 is 1.71 bits per heavy atom. The minimum atomic E-state index is 0.330. The van der Waals surface area contributed by atoms with E-state index in [1.165, 1.54) is 0 Å². The van der Waals surface area contributed by atoms with Gasteiger partial charge >= 0.3 is 0 Å². The number of para-hydroxylation sites is 1. The highest BCUT2D eigenvalue weighted by molar-refractivity contribution is 6.35. The summed E-state index contributed by atoms with van der Waals surface area (Å²) in [6, 6.07) is 18.6. The normalized spacial score (nSPS) is 13.5. The van der Waals surface area contributed by atoms with Crippen molar-refractivity contribution in [1.82, 2.24) is 15.0 Å². The van der Waals surface area contributed by atoms with Gasteiger partial charge in [0.25, 0.3) is 0 Å². The first-order valence-electron chi connectivity index (χ1n) is 10.8. The second-order valence-corrected chi connectivity index (χ2v) is 8.51. The number of nitrogens with one attached hydrogen (secondary N) is 2. The van der Waals surface area contributed by atoms with Crippen molar-refractivity contribution >= 4 is 52.9 Å². The van der Waals surface area contributed by atoms with Crippen LogP contribution in [0.1, 0.15) is 18.6 Å². The summed E-state index contributed by atoms with van der Waals surface area (Å²) in [5.41, 5.74) is 4.49. The number of anilines is 4. The minimum Gasteiger partial charge on any atom is -0.455 e. The Kier molecular flexibility index (Phi) is 6.60. The molecule has 0 amide bonds. The lowest BCUT2D eigenvalue weighted by Crippen LogP contribution is -2.21. The van der Waals surface area contributed by atoms with Crippen molar-refractivity contribution in [1.29, 1.82) is 0 Å². The molecule has 1 fully saturated rings. The number of hydrazone groups is 1. The lowest BCUT2D eigenvalue weighted by Gasteiger charge is -2.16. The van der Waals surface area contributed by atoms with Crippen LogP contribution in [0.15, 0.2) is 70.2 Å². The molecule has 0 radical (unpaired) electrons. The molecule has 5 rings (SSSR count). The molecule has 0 atom stereocenters. The molecule has 1 aliphatic rings. The summed E-state index contributed by atoms with van der Waals surface area (Å²) in [6.07, 6.45) is 3.78. The van der Waals surface area contributed by atoms with Gasteiger partial charge in [0.2, 0.25) is 17.8 Å². The van der Waals surface area contributed by atoms with Crippen molar-refractivity contribution in [2.24, 2.45) is 5.10 Å². The zero-order chi connectivity index (χ0) is 23.3. The Morgan fingerprint density at radius 3 is 2.53 bits per heavy atom. The van der Waals surface area contributed by atoms with E-state index in [2.05, 4.69) is 35.7 Å². The highest BCUT2D eigenvalue weighted by Gasteiger charge is 2.17. The lowest BCUT2D eigenvalue weighted by atomic mass is 10.2. The molecule has 0 saturated carbocycles. The molecule has 2 aromatic heterocycles. The van der Waals surface area contributed by atoms with Crippen molar-refractivity contribution in [2.75, 3.05) is 28.7 Å². The van der Waals surface area contributed by atoms with Crippen molar-refractivity contribution in [2.45, 2.75) is 12.8 Å². The predicted molar refractivity (Wildman–Crippen MR) is 136 cm³/mol. The van der Waals surface area contributed by atoms with Gasteiger partial charge < -0.3 is 14.6 Å². The topological polar surface area (TPSA) is 91.5 Å². The number of benzene rings is 2. The smallest absolute Gasteiger partial charge is 0.250 e. The average molecular weight is 494 g/mol. The van der Waals surface area contributed by atoms with Gasteiger partial charge in [0.1, 0.15) is 11.5 Å². The van der Waals surface area contributed by atoms with Crippen LogP contribution in [-0.4, -0.2) is 34.3 Å². The number of aromatic nitrogens is 3. The van der Waals surface area contributed by atoms with E-state index >= 15 is 0 Å². The molecule has 34 heavy (non-hydrogen) atoms. The third-order valence-electron chi connectivity index (χ3n) is 5.22. The largest absolute Gasteiger partial charge is 0.455 e. The number of hydrogen-bond acceptors (Lipinski definition) is 8. The van der Waals surface area contributed by atoms with Gasteiger partial charge in [0.05, 0.1) is 11.2 Å². The molecular weight excluding hydrogens is 473 g/mol. The van der Waals surface area contributed by atoms with E-state index in [9.17, 15) is 0 Å². The van der Waals surface area contributed by atoms with Crippen LogP contribution < -0.4 is 15.6 Å². The summed E-state index contributed by atoms with van der Waals surface area (Å²) in [6.45, 7) is 1.83. The second-order valence-electron chi connectivity index (χ2n) is 7.66. The van der Waals surface area contributed by atoms with E-state index < -0.39 is 0 Å². The van der Waals surface area contributed by atoms with Crippen LogP contribution in [0, 0.1) is 0 Å². The molecule has 0 aliphatic carbocycles. The van der Waals surface area contributed by atoms with Crippen molar-refractivity contribution in [3.63, 3.8) is 0 Å². The Labute approximate surface area is 206 Å².